The van der Waals surface area contributed by atoms with Crippen molar-refractivity contribution in [1.82, 2.24) is 9.55 Å². The van der Waals surface area contributed by atoms with Crippen LogP contribution in [0.15, 0.2) is 47.4 Å². The number of hydrogen-bond acceptors (Lipinski definition) is 7. The molecule has 23 heavy (non-hydrogen) atoms. The van der Waals surface area contributed by atoms with Gasteiger partial charge in [-0.25, -0.2) is 9.59 Å². The highest BCUT2D eigenvalue weighted by atomic mass is 32.2. The molecular weight excluding hydrogens is 318 g/mol. The Labute approximate surface area is 136 Å². The van der Waals surface area contributed by atoms with Crippen LogP contribution in [0.4, 0.5) is 5.82 Å². The highest BCUT2D eigenvalue weighted by molar-refractivity contribution is 8.00. The number of aromatic nitrogens is 2. The minimum absolute atomic E-state index is 0.117. The molecule has 0 saturated carbocycles. The highest BCUT2D eigenvalue weighted by Gasteiger charge is 2.29. The normalized spacial score (nSPS) is 20.3. The summed E-state index contributed by atoms with van der Waals surface area (Å²) in [5, 5.41) is 0. The van der Waals surface area contributed by atoms with Crippen LogP contribution in [0.25, 0.3) is 0 Å². The molecule has 0 aliphatic carbocycles. The van der Waals surface area contributed by atoms with Gasteiger partial charge in [0.2, 0.25) is 0 Å². The lowest BCUT2D eigenvalue weighted by Gasteiger charge is -2.14. The fourth-order valence-corrected chi connectivity index (χ4v) is 3.11. The number of nitrogens with zero attached hydrogens (tertiary/aromatic N) is 2. The zero-order valence-electron chi connectivity index (χ0n) is 12.1. The summed E-state index contributed by atoms with van der Waals surface area (Å²) in [7, 11) is 0. The predicted molar refractivity (Wildman–Crippen MR) is 86.0 cm³/mol. The van der Waals surface area contributed by atoms with Crippen LogP contribution in [-0.2, 0) is 9.47 Å². The van der Waals surface area contributed by atoms with Crippen molar-refractivity contribution in [2.24, 2.45) is 0 Å². The van der Waals surface area contributed by atoms with Crippen molar-refractivity contribution in [3.63, 3.8) is 0 Å². The van der Waals surface area contributed by atoms with Gasteiger partial charge in [-0.2, -0.15) is 4.98 Å². The first kappa shape index (κ1) is 15.6. The van der Waals surface area contributed by atoms with E-state index in [9.17, 15) is 9.59 Å². The summed E-state index contributed by atoms with van der Waals surface area (Å²) < 4.78 is 12.3. The average Bonchev–Trinajstić information content (AvgIpc) is 3.02. The second kappa shape index (κ2) is 6.84. The third-order valence-corrected chi connectivity index (χ3v) is 4.35. The molecule has 1 aromatic carbocycles. The molecule has 3 rings (SSSR count). The van der Waals surface area contributed by atoms with Gasteiger partial charge in [0.05, 0.1) is 5.56 Å². The maximum atomic E-state index is 11.9. The van der Waals surface area contributed by atoms with Gasteiger partial charge in [-0.3, -0.25) is 4.57 Å². The number of benzene rings is 1. The van der Waals surface area contributed by atoms with Crippen molar-refractivity contribution in [2.45, 2.75) is 11.7 Å². The van der Waals surface area contributed by atoms with E-state index in [0.717, 1.165) is 0 Å². The Morgan fingerprint density at radius 1 is 1.39 bits per heavy atom. The maximum Gasteiger partial charge on any atom is 0.351 e. The van der Waals surface area contributed by atoms with Crippen LogP contribution in [0.1, 0.15) is 16.6 Å². The average molecular weight is 333 g/mol. The van der Waals surface area contributed by atoms with Crippen molar-refractivity contribution in [3.8, 4) is 0 Å². The summed E-state index contributed by atoms with van der Waals surface area (Å²) in [6.07, 6.45) is 1.11. The van der Waals surface area contributed by atoms with E-state index in [-0.39, 0.29) is 17.9 Å². The smallest absolute Gasteiger partial charge is 0.351 e. The molecule has 2 atom stereocenters. The Balaban J connectivity index is 1.56. The fourth-order valence-electron chi connectivity index (χ4n) is 2.12. The topological polar surface area (TPSA) is 96.4 Å². The molecule has 2 heterocycles. The minimum atomic E-state index is -0.461. The summed E-state index contributed by atoms with van der Waals surface area (Å²) >= 11 is 1.48. The van der Waals surface area contributed by atoms with Gasteiger partial charge in [-0.1, -0.05) is 18.2 Å². The highest BCUT2D eigenvalue weighted by Crippen LogP contribution is 2.31. The van der Waals surface area contributed by atoms with Crippen LogP contribution in [0.2, 0.25) is 0 Å². The van der Waals surface area contributed by atoms with Crippen molar-refractivity contribution >= 4 is 23.5 Å². The van der Waals surface area contributed by atoms with Crippen LogP contribution in [0.5, 0.6) is 0 Å². The molecule has 0 bridgehead atoms. The van der Waals surface area contributed by atoms with Gasteiger partial charge in [0.25, 0.3) is 0 Å². The molecule has 2 N–H and O–H groups in total. The van der Waals surface area contributed by atoms with E-state index in [2.05, 4.69) is 4.98 Å². The summed E-state index contributed by atoms with van der Waals surface area (Å²) in [5.41, 5.74) is 5.17. The molecule has 1 aliphatic rings. The van der Waals surface area contributed by atoms with E-state index in [4.69, 9.17) is 15.2 Å². The number of carbonyl (C=O) groups excluding carboxylic acids is 1. The molecule has 1 saturated heterocycles. The van der Waals surface area contributed by atoms with Gasteiger partial charge in [-0.05, 0) is 18.2 Å². The van der Waals surface area contributed by atoms with Crippen molar-refractivity contribution in [1.29, 1.82) is 0 Å². The number of carbonyl (C=O) groups is 1. The molecule has 1 aromatic heterocycles. The van der Waals surface area contributed by atoms with E-state index >= 15 is 0 Å². The Bertz CT molecular complexity index is 750. The minimum Gasteiger partial charge on any atom is -0.458 e. The number of anilines is 1. The van der Waals surface area contributed by atoms with Gasteiger partial charge in [0.15, 0.2) is 0 Å². The third-order valence-electron chi connectivity index (χ3n) is 3.26. The van der Waals surface area contributed by atoms with E-state index in [0.29, 0.717) is 11.3 Å². The van der Waals surface area contributed by atoms with E-state index in [1.807, 2.05) is 6.07 Å². The van der Waals surface area contributed by atoms with Crippen LogP contribution < -0.4 is 11.4 Å². The number of hydrogen-bond donors (Lipinski definition) is 1. The summed E-state index contributed by atoms with van der Waals surface area (Å²) in [4.78, 5) is 27.3. The lowest BCUT2D eigenvalue weighted by molar-refractivity contribution is -0.0177. The Hall–Kier alpha value is -2.32. The van der Waals surface area contributed by atoms with E-state index in [1.54, 1.807) is 30.5 Å². The number of esters is 1. The molecule has 0 amide bonds. The van der Waals surface area contributed by atoms with Crippen molar-refractivity contribution < 1.29 is 14.3 Å². The van der Waals surface area contributed by atoms with Crippen LogP contribution in [0, 0.1) is 0 Å². The standard InChI is InChI=1S/C15H15N3O4S/c16-11-6-7-18(15(20)17-11)12-9-23-13(22-12)8-21-14(19)10-4-2-1-3-5-10/h1-7,12-13H,8-9H2,(H2,16,17,20)/t12-,13-/m1/s1. The second-order valence-corrected chi connectivity index (χ2v) is 6.05. The Kier molecular flexibility index (Phi) is 4.63. The second-order valence-electron chi connectivity index (χ2n) is 4.86. The van der Waals surface area contributed by atoms with Crippen molar-refractivity contribution in [2.75, 3.05) is 18.1 Å². The number of thioether (sulfide) groups is 1. The monoisotopic (exact) mass is 333 g/mol. The van der Waals surface area contributed by atoms with E-state index in [1.165, 1.54) is 22.4 Å². The first-order chi connectivity index (χ1) is 11.1. The Morgan fingerprint density at radius 3 is 2.91 bits per heavy atom. The maximum absolute atomic E-state index is 11.9. The lowest BCUT2D eigenvalue weighted by atomic mass is 10.2. The van der Waals surface area contributed by atoms with E-state index < -0.39 is 17.9 Å². The first-order valence-electron chi connectivity index (χ1n) is 6.97. The molecule has 8 heteroatoms. The molecule has 2 aromatic rings. The molecule has 1 fully saturated rings. The number of rotatable bonds is 4. The predicted octanol–water partition coefficient (Wildman–Crippen LogP) is 1.27. The number of nitrogen functional groups attached to an aromatic ring is 1. The van der Waals surface area contributed by atoms with Crippen LogP contribution in [0.3, 0.4) is 0 Å². The molecule has 0 radical (unpaired) electrons. The lowest BCUT2D eigenvalue weighted by Crippen LogP contribution is -2.29. The summed E-state index contributed by atoms with van der Waals surface area (Å²) in [6.45, 7) is 0.117. The van der Waals surface area contributed by atoms with Gasteiger partial charge in [-0.15, -0.1) is 11.8 Å². The zero-order chi connectivity index (χ0) is 16.2. The largest absolute Gasteiger partial charge is 0.458 e. The van der Waals surface area contributed by atoms with Crippen molar-refractivity contribution in [3.05, 3.63) is 58.6 Å². The molecule has 7 nitrogen and oxygen atoms in total. The van der Waals surface area contributed by atoms with Crippen LogP contribution >= 0.6 is 11.8 Å². The SMILES string of the molecule is Nc1ccn([C@H]2CS[C@H](COC(=O)c3ccccc3)O2)c(=O)n1. The number of ether oxygens (including phenoxy) is 2. The fraction of sp³-hybridized carbons (Fsp3) is 0.267. The molecule has 120 valence electrons. The third kappa shape index (κ3) is 3.72. The van der Waals surface area contributed by atoms with Crippen LogP contribution in [-0.4, -0.2) is 33.3 Å². The Morgan fingerprint density at radius 2 is 2.17 bits per heavy atom. The molecular formula is C15H15N3O4S. The number of nitrogens with two attached hydrogens (primary N) is 1. The first-order valence-corrected chi connectivity index (χ1v) is 8.02. The van der Waals surface area contributed by atoms with Gasteiger partial charge < -0.3 is 15.2 Å². The summed E-state index contributed by atoms with van der Waals surface area (Å²) in [5.74, 6) is 0.341. The quantitative estimate of drug-likeness (QED) is 0.842. The van der Waals surface area contributed by atoms with Gasteiger partial charge in [0.1, 0.15) is 24.1 Å². The molecule has 0 unspecified atom stereocenters. The summed E-state index contributed by atoms with van der Waals surface area (Å²) in [6, 6.07) is 10.3. The molecule has 0 spiro atoms. The molecule has 1 aliphatic heterocycles. The van der Waals surface area contributed by atoms with Gasteiger partial charge >= 0.3 is 11.7 Å². The van der Waals surface area contributed by atoms with Gasteiger partial charge in [0, 0.05) is 11.9 Å². The zero-order valence-corrected chi connectivity index (χ0v) is 12.9.